The van der Waals surface area contributed by atoms with Crippen LogP contribution in [0.1, 0.15) is 32.4 Å². The highest BCUT2D eigenvalue weighted by molar-refractivity contribution is 5.31. The van der Waals surface area contributed by atoms with Crippen molar-refractivity contribution in [1.82, 2.24) is 0 Å². The van der Waals surface area contributed by atoms with E-state index in [-0.39, 0.29) is 12.1 Å². The molecule has 0 aliphatic heterocycles. The van der Waals surface area contributed by atoms with E-state index in [1.54, 1.807) is 7.11 Å². The van der Waals surface area contributed by atoms with Crippen LogP contribution in [-0.2, 0) is 4.74 Å². The molecular weight excluding hydrogens is 214 g/mol. The van der Waals surface area contributed by atoms with Crippen LogP contribution in [0, 0.1) is 5.92 Å². The zero-order valence-corrected chi connectivity index (χ0v) is 11.1. The first-order valence-electron chi connectivity index (χ1n) is 6.11. The Balaban J connectivity index is 2.88. The average molecular weight is 237 g/mol. The fourth-order valence-electron chi connectivity index (χ4n) is 1.94. The Kier molecular flexibility index (Phi) is 5.45. The summed E-state index contributed by atoms with van der Waals surface area (Å²) >= 11 is 0. The van der Waals surface area contributed by atoms with Gasteiger partial charge in [-0.25, -0.2) is 0 Å². The maximum absolute atomic E-state index is 6.27. The normalized spacial score (nSPS) is 14.7. The minimum absolute atomic E-state index is 0.0344. The highest BCUT2D eigenvalue weighted by atomic mass is 16.5. The Hall–Kier alpha value is -1.06. The van der Waals surface area contributed by atoms with Crippen LogP contribution in [0.25, 0.3) is 0 Å². The molecule has 0 saturated heterocycles. The Bertz CT molecular complexity index is 339. The molecular formula is C14H23NO2. The largest absolute Gasteiger partial charge is 0.497 e. The van der Waals surface area contributed by atoms with Crippen LogP contribution in [0.15, 0.2) is 24.3 Å². The van der Waals surface area contributed by atoms with E-state index in [2.05, 4.69) is 13.8 Å². The third kappa shape index (κ3) is 3.72. The highest BCUT2D eigenvalue weighted by Gasteiger charge is 2.23. The van der Waals surface area contributed by atoms with Crippen LogP contribution in [0.3, 0.4) is 0 Å². The zero-order valence-electron chi connectivity index (χ0n) is 11.1. The van der Waals surface area contributed by atoms with Gasteiger partial charge in [-0.05, 0) is 30.5 Å². The van der Waals surface area contributed by atoms with E-state index >= 15 is 0 Å². The van der Waals surface area contributed by atoms with Crippen LogP contribution >= 0.6 is 0 Å². The van der Waals surface area contributed by atoms with Crippen LogP contribution in [0.4, 0.5) is 0 Å². The fourth-order valence-corrected chi connectivity index (χ4v) is 1.94. The molecule has 2 atom stereocenters. The van der Waals surface area contributed by atoms with Crippen molar-refractivity contribution in [2.75, 3.05) is 13.7 Å². The molecule has 1 aromatic carbocycles. The van der Waals surface area contributed by atoms with E-state index in [1.165, 1.54) is 0 Å². The number of rotatable bonds is 6. The van der Waals surface area contributed by atoms with Crippen LogP contribution < -0.4 is 10.5 Å². The van der Waals surface area contributed by atoms with Gasteiger partial charge in [0, 0.05) is 6.61 Å². The van der Waals surface area contributed by atoms with Crippen LogP contribution in [-0.4, -0.2) is 19.8 Å². The Labute approximate surface area is 104 Å². The summed E-state index contributed by atoms with van der Waals surface area (Å²) in [5, 5.41) is 0. The molecule has 0 radical (unpaired) electrons. The van der Waals surface area contributed by atoms with Gasteiger partial charge in [-0.2, -0.15) is 0 Å². The summed E-state index contributed by atoms with van der Waals surface area (Å²) in [6, 6.07) is 7.74. The van der Waals surface area contributed by atoms with Crippen molar-refractivity contribution < 1.29 is 9.47 Å². The van der Waals surface area contributed by atoms with Crippen molar-refractivity contribution in [2.24, 2.45) is 11.7 Å². The van der Waals surface area contributed by atoms with Gasteiger partial charge in [0.15, 0.2) is 0 Å². The van der Waals surface area contributed by atoms with E-state index in [1.807, 2.05) is 31.2 Å². The van der Waals surface area contributed by atoms with E-state index in [0.29, 0.717) is 12.5 Å². The summed E-state index contributed by atoms with van der Waals surface area (Å²) in [5.41, 5.74) is 7.32. The molecule has 0 fully saturated rings. The van der Waals surface area contributed by atoms with Gasteiger partial charge in [-0.3, -0.25) is 0 Å². The molecule has 17 heavy (non-hydrogen) atoms. The Morgan fingerprint density at radius 1 is 1.29 bits per heavy atom. The standard InChI is InChI=1S/C14H23NO2/c1-5-17-14(10(2)3)13(15)11-7-6-8-12(9-11)16-4/h6-10,13-14H,5,15H2,1-4H3. The molecule has 0 bridgehead atoms. The highest BCUT2D eigenvalue weighted by Crippen LogP contribution is 2.25. The molecule has 2 N–H and O–H groups in total. The lowest BCUT2D eigenvalue weighted by Gasteiger charge is -2.27. The number of nitrogens with two attached hydrogens (primary N) is 1. The van der Waals surface area contributed by atoms with Crippen LogP contribution in [0.2, 0.25) is 0 Å². The third-order valence-electron chi connectivity index (χ3n) is 2.85. The SMILES string of the molecule is CCOC(C(C)C)C(N)c1cccc(OC)c1. The second-order valence-electron chi connectivity index (χ2n) is 4.47. The smallest absolute Gasteiger partial charge is 0.119 e. The molecule has 0 aliphatic carbocycles. The lowest BCUT2D eigenvalue weighted by Crippen LogP contribution is -2.33. The van der Waals surface area contributed by atoms with Crippen molar-refractivity contribution in [3.05, 3.63) is 29.8 Å². The lowest BCUT2D eigenvalue weighted by atomic mass is 9.94. The van der Waals surface area contributed by atoms with Gasteiger partial charge < -0.3 is 15.2 Å². The van der Waals surface area contributed by atoms with Gasteiger partial charge in [-0.1, -0.05) is 26.0 Å². The fraction of sp³-hybridized carbons (Fsp3) is 0.571. The molecule has 1 aromatic rings. The predicted octanol–water partition coefficient (Wildman–Crippen LogP) is 2.76. The molecule has 0 aliphatic rings. The maximum atomic E-state index is 6.27. The monoisotopic (exact) mass is 237 g/mol. The summed E-state index contributed by atoms with van der Waals surface area (Å²) in [4.78, 5) is 0. The molecule has 3 heteroatoms. The van der Waals surface area contributed by atoms with Crippen molar-refractivity contribution in [3.63, 3.8) is 0 Å². The first-order valence-corrected chi connectivity index (χ1v) is 6.11. The maximum Gasteiger partial charge on any atom is 0.119 e. The van der Waals surface area contributed by atoms with Crippen molar-refractivity contribution in [2.45, 2.75) is 32.9 Å². The number of hydrogen-bond donors (Lipinski definition) is 1. The van der Waals surface area contributed by atoms with Gasteiger partial charge in [0.2, 0.25) is 0 Å². The summed E-state index contributed by atoms with van der Waals surface area (Å²) in [7, 11) is 1.66. The minimum atomic E-state index is -0.120. The number of benzene rings is 1. The lowest BCUT2D eigenvalue weighted by molar-refractivity contribution is 0.0121. The summed E-state index contributed by atoms with van der Waals surface area (Å²) in [6.07, 6.45) is 0.0344. The number of methoxy groups -OCH3 is 1. The first kappa shape index (κ1) is 14.0. The Morgan fingerprint density at radius 3 is 2.53 bits per heavy atom. The van der Waals surface area contributed by atoms with Crippen LogP contribution in [0.5, 0.6) is 5.75 Å². The molecule has 2 unspecified atom stereocenters. The second kappa shape index (κ2) is 6.62. The van der Waals surface area contributed by atoms with Gasteiger partial charge in [0.25, 0.3) is 0 Å². The molecule has 96 valence electrons. The van der Waals surface area contributed by atoms with Gasteiger partial charge in [-0.15, -0.1) is 0 Å². The minimum Gasteiger partial charge on any atom is -0.497 e. The number of hydrogen-bond acceptors (Lipinski definition) is 3. The Morgan fingerprint density at radius 2 is 2.00 bits per heavy atom. The quantitative estimate of drug-likeness (QED) is 0.827. The van der Waals surface area contributed by atoms with Crippen molar-refractivity contribution >= 4 is 0 Å². The first-order chi connectivity index (χ1) is 8.10. The van der Waals surface area contributed by atoms with E-state index in [0.717, 1.165) is 11.3 Å². The molecule has 1 rings (SSSR count). The average Bonchev–Trinajstić information content (AvgIpc) is 2.34. The van der Waals surface area contributed by atoms with E-state index < -0.39 is 0 Å². The summed E-state index contributed by atoms with van der Waals surface area (Å²) < 4.78 is 10.9. The number of ether oxygens (including phenoxy) is 2. The van der Waals surface area contributed by atoms with Crippen molar-refractivity contribution in [3.8, 4) is 5.75 Å². The third-order valence-corrected chi connectivity index (χ3v) is 2.85. The van der Waals surface area contributed by atoms with Gasteiger partial charge in [0.1, 0.15) is 5.75 Å². The van der Waals surface area contributed by atoms with Crippen molar-refractivity contribution in [1.29, 1.82) is 0 Å². The molecule has 3 nitrogen and oxygen atoms in total. The molecule has 0 amide bonds. The second-order valence-corrected chi connectivity index (χ2v) is 4.47. The molecule has 0 heterocycles. The topological polar surface area (TPSA) is 44.5 Å². The molecule has 0 spiro atoms. The summed E-state index contributed by atoms with van der Waals surface area (Å²) in [6.45, 7) is 6.93. The molecule has 0 saturated carbocycles. The van der Waals surface area contributed by atoms with Gasteiger partial charge in [0.05, 0.1) is 19.3 Å². The molecule has 0 aromatic heterocycles. The zero-order chi connectivity index (χ0) is 12.8. The predicted molar refractivity (Wildman–Crippen MR) is 70.2 cm³/mol. The van der Waals surface area contributed by atoms with E-state index in [9.17, 15) is 0 Å². The summed E-state index contributed by atoms with van der Waals surface area (Å²) in [5.74, 6) is 1.22. The van der Waals surface area contributed by atoms with Gasteiger partial charge >= 0.3 is 0 Å². The van der Waals surface area contributed by atoms with E-state index in [4.69, 9.17) is 15.2 Å².